The Kier molecular flexibility index (Phi) is 3.60. The van der Waals surface area contributed by atoms with Gasteiger partial charge in [0.25, 0.3) is 0 Å². The highest BCUT2D eigenvalue weighted by molar-refractivity contribution is 4.97. The molecule has 0 amide bonds. The van der Waals surface area contributed by atoms with E-state index in [-0.39, 0.29) is 12.2 Å². The Bertz CT molecular complexity index is 129. The van der Waals surface area contributed by atoms with Crippen LogP contribution in [0.5, 0.6) is 0 Å². The van der Waals surface area contributed by atoms with Gasteiger partial charge < -0.3 is 4.74 Å². The third-order valence-electron chi connectivity index (χ3n) is 0.878. The van der Waals surface area contributed by atoms with E-state index in [1.165, 1.54) is 0 Å². The fourth-order valence-corrected chi connectivity index (χ4v) is 0.385. The zero-order valence-electron chi connectivity index (χ0n) is 5.72. The second-order valence-corrected chi connectivity index (χ2v) is 1.75. The average molecular weight is 122 g/mol. The molecule has 0 aliphatic carbocycles. The fourth-order valence-electron chi connectivity index (χ4n) is 0.385. The predicted molar refractivity (Wildman–Crippen MR) is 37.7 cm³/mol. The molecule has 0 aliphatic rings. The van der Waals surface area contributed by atoms with Crippen molar-refractivity contribution in [3.05, 3.63) is 0 Å². The quantitative estimate of drug-likeness (QED) is 0.497. The first-order valence-corrected chi connectivity index (χ1v) is 2.78. The Balaban J connectivity index is 3.53. The topological polar surface area (TPSA) is 9.23 Å². The summed E-state index contributed by atoms with van der Waals surface area (Å²) >= 11 is 0. The minimum atomic E-state index is -0.184. The van der Waals surface area contributed by atoms with Gasteiger partial charge in [0.05, 0.1) is 0 Å². The van der Waals surface area contributed by atoms with Gasteiger partial charge in [0, 0.05) is 0 Å². The highest BCUT2D eigenvalue weighted by Crippen LogP contribution is 1.93. The molecule has 0 rings (SSSR count). The SMILES string of the molecule is C#CC(C)OC(C)C#C. The summed E-state index contributed by atoms with van der Waals surface area (Å²) in [6.45, 7) is 3.57. The van der Waals surface area contributed by atoms with Gasteiger partial charge in [-0.05, 0) is 13.8 Å². The number of hydrogen-bond acceptors (Lipinski definition) is 1. The molecule has 0 aromatic rings. The average Bonchev–Trinajstić information content (AvgIpc) is 1.87. The molecule has 48 valence electrons. The van der Waals surface area contributed by atoms with Crippen LogP contribution in [0.25, 0.3) is 0 Å². The maximum atomic E-state index is 5.08. The van der Waals surface area contributed by atoms with Crippen LogP contribution in [-0.2, 0) is 4.74 Å². The molecule has 0 bridgehead atoms. The van der Waals surface area contributed by atoms with E-state index in [9.17, 15) is 0 Å². The Morgan fingerprint density at radius 3 is 1.67 bits per heavy atom. The van der Waals surface area contributed by atoms with Crippen LogP contribution in [0.1, 0.15) is 13.8 Å². The Morgan fingerprint density at radius 1 is 1.11 bits per heavy atom. The van der Waals surface area contributed by atoms with Crippen LogP contribution in [0.2, 0.25) is 0 Å². The molecule has 0 aliphatic heterocycles. The highest BCUT2D eigenvalue weighted by atomic mass is 16.5. The Hall–Kier alpha value is -0.920. The fraction of sp³-hybridized carbons (Fsp3) is 0.500. The number of hydrogen-bond donors (Lipinski definition) is 0. The first-order valence-electron chi connectivity index (χ1n) is 2.78. The van der Waals surface area contributed by atoms with E-state index in [1.807, 2.05) is 0 Å². The third-order valence-corrected chi connectivity index (χ3v) is 0.878. The second kappa shape index (κ2) is 4.01. The van der Waals surface area contributed by atoms with Crippen LogP contribution >= 0.6 is 0 Å². The first-order chi connectivity index (χ1) is 4.20. The van der Waals surface area contributed by atoms with Crippen molar-refractivity contribution in [2.45, 2.75) is 26.1 Å². The minimum absolute atomic E-state index is 0.184. The zero-order valence-corrected chi connectivity index (χ0v) is 5.72. The summed E-state index contributed by atoms with van der Waals surface area (Å²) < 4.78 is 5.08. The standard InChI is InChI=1S/C8H10O/c1-5-7(3)9-8(4)6-2/h1-2,7-8H,3-4H3. The largest absolute Gasteiger partial charge is 0.350 e. The lowest BCUT2D eigenvalue weighted by atomic mass is 10.4. The summed E-state index contributed by atoms with van der Waals surface area (Å²) in [6.07, 6.45) is 9.69. The van der Waals surface area contributed by atoms with Crippen molar-refractivity contribution in [1.29, 1.82) is 0 Å². The number of ether oxygens (including phenoxy) is 1. The molecule has 9 heavy (non-hydrogen) atoms. The van der Waals surface area contributed by atoms with Gasteiger partial charge >= 0.3 is 0 Å². The summed E-state index contributed by atoms with van der Waals surface area (Å²) in [5, 5.41) is 0. The van der Waals surface area contributed by atoms with E-state index >= 15 is 0 Å². The van der Waals surface area contributed by atoms with E-state index in [4.69, 9.17) is 17.6 Å². The second-order valence-electron chi connectivity index (χ2n) is 1.75. The smallest absolute Gasteiger partial charge is 0.116 e. The number of rotatable bonds is 2. The monoisotopic (exact) mass is 122 g/mol. The molecule has 0 N–H and O–H groups in total. The summed E-state index contributed by atoms with van der Waals surface area (Å²) in [5.74, 6) is 4.82. The van der Waals surface area contributed by atoms with Gasteiger partial charge in [-0.15, -0.1) is 12.8 Å². The van der Waals surface area contributed by atoms with Crippen molar-refractivity contribution in [2.24, 2.45) is 0 Å². The normalized spacial score (nSPS) is 15.1. The predicted octanol–water partition coefficient (Wildman–Crippen LogP) is 1.05. The van der Waals surface area contributed by atoms with Gasteiger partial charge in [-0.25, -0.2) is 0 Å². The molecule has 0 aromatic carbocycles. The molecule has 0 spiro atoms. The lowest BCUT2D eigenvalue weighted by Crippen LogP contribution is -2.12. The maximum Gasteiger partial charge on any atom is 0.116 e. The van der Waals surface area contributed by atoms with Crippen LogP contribution < -0.4 is 0 Å². The van der Waals surface area contributed by atoms with E-state index < -0.39 is 0 Å². The number of terminal acetylenes is 2. The van der Waals surface area contributed by atoms with E-state index in [2.05, 4.69) is 11.8 Å². The van der Waals surface area contributed by atoms with Crippen molar-refractivity contribution in [3.8, 4) is 24.7 Å². The molecular weight excluding hydrogens is 112 g/mol. The van der Waals surface area contributed by atoms with Crippen LogP contribution in [-0.4, -0.2) is 12.2 Å². The van der Waals surface area contributed by atoms with E-state index in [0.717, 1.165) is 0 Å². The summed E-state index contributed by atoms with van der Waals surface area (Å²) in [5.41, 5.74) is 0. The van der Waals surface area contributed by atoms with Crippen molar-refractivity contribution >= 4 is 0 Å². The van der Waals surface area contributed by atoms with Crippen LogP contribution in [0.3, 0.4) is 0 Å². The zero-order chi connectivity index (χ0) is 7.28. The minimum Gasteiger partial charge on any atom is -0.350 e. The highest BCUT2D eigenvalue weighted by Gasteiger charge is 1.99. The van der Waals surface area contributed by atoms with Gasteiger partial charge in [-0.2, -0.15) is 0 Å². The molecule has 0 heterocycles. The summed E-state index contributed by atoms with van der Waals surface area (Å²) in [6, 6.07) is 0. The van der Waals surface area contributed by atoms with Crippen LogP contribution in [0.15, 0.2) is 0 Å². The van der Waals surface area contributed by atoms with Crippen LogP contribution in [0, 0.1) is 24.7 Å². The third kappa shape index (κ3) is 3.64. The Labute approximate surface area is 56.4 Å². The molecule has 2 atom stereocenters. The molecule has 0 aromatic heterocycles. The van der Waals surface area contributed by atoms with E-state index in [1.54, 1.807) is 13.8 Å². The van der Waals surface area contributed by atoms with Gasteiger partial charge in [0.1, 0.15) is 12.2 Å². The lowest BCUT2D eigenvalue weighted by molar-refractivity contribution is 0.0745. The van der Waals surface area contributed by atoms with E-state index in [0.29, 0.717) is 0 Å². The van der Waals surface area contributed by atoms with Gasteiger partial charge in [0.2, 0.25) is 0 Å². The van der Waals surface area contributed by atoms with Gasteiger partial charge in [-0.3, -0.25) is 0 Å². The lowest BCUT2D eigenvalue weighted by Gasteiger charge is -2.08. The molecule has 1 heteroatoms. The molecule has 0 fully saturated rings. The molecule has 0 saturated carbocycles. The molecule has 0 radical (unpaired) electrons. The van der Waals surface area contributed by atoms with Gasteiger partial charge in [-0.1, -0.05) is 11.8 Å². The van der Waals surface area contributed by atoms with Crippen molar-refractivity contribution in [3.63, 3.8) is 0 Å². The summed E-state index contributed by atoms with van der Waals surface area (Å²) in [4.78, 5) is 0. The van der Waals surface area contributed by atoms with Crippen molar-refractivity contribution in [1.82, 2.24) is 0 Å². The maximum absolute atomic E-state index is 5.08. The molecule has 2 unspecified atom stereocenters. The Morgan fingerprint density at radius 2 is 1.44 bits per heavy atom. The molecule has 0 saturated heterocycles. The molecular formula is C8H10O. The van der Waals surface area contributed by atoms with Crippen molar-refractivity contribution in [2.75, 3.05) is 0 Å². The van der Waals surface area contributed by atoms with Crippen LogP contribution in [0.4, 0.5) is 0 Å². The first kappa shape index (κ1) is 8.08. The summed E-state index contributed by atoms with van der Waals surface area (Å²) in [7, 11) is 0. The van der Waals surface area contributed by atoms with Gasteiger partial charge in [0.15, 0.2) is 0 Å². The molecule has 1 nitrogen and oxygen atoms in total. The van der Waals surface area contributed by atoms with Crippen molar-refractivity contribution < 1.29 is 4.74 Å².